The Hall–Kier alpha value is -2.28. The van der Waals surface area contributed by atoms with Crippen molar-refractivity contribution in [1.82, 2.24) is 9.78 Å². The molecule has 3 rings (SSSR count). The van der Waals surface area contributed by atoms with Gasteiger partial charge in [-0.2, -0.15) is 9.78 Å². The molecule has 3 aromatic rings. The van der Waals surface area contributed by atoms with Gasteiger partial charge in [0, 0.05) is 11.6 Å². The van der Waals surface area contributed by atoms with Gasteiger partial charge in [-0.15, -0.1) is 0 Å². The maximum absolute atomic E-state index is 12.6. The zero-order chi connectivity index (χ0) is 18.7. The van der Waals surface area contributed by atoms with Gasteiger partial charge in [-0.3, -0.25) is 4.79 Å². The Morgan fingerprint density at radius 3 is 2.81 bits per heavy atom. The molecule has 2 aromatic heterocycles. The van der Waals surface area contributed by atoms with Crippen LogP contribution in [0.25, 0.3) is 5.69 Å². The monoisotopic (exact) mass is 393 g/mol. The summed E-state index contributed by atoms with van der Waals surface area (Å²) in [7, 11) is 0. The molecule has 0 saturated heterocycles. The van der Waals surface area contributed by atoms with Crippen LogP contribution in [0, 0.1) is 6.92 Å². The SMILES string of the molecule is Cc1ccc(-n2ncc(NC(CCO)c3ccco3)c(Cl)c2=O)cc1Cl. The Morgan fingerprint density at radius 1 is 1.35 bits per heavy atom. The van der Waals surface area contributed by atoms with Crippen molar-refractivity contribution in [1.29, 1.82) is 0 Å². The summed E-state index contributed by atoms with van der Waals surface area (Å²) in [5.74, 6) is 0.629. The molecule has 0 aliphatic carbocycles. The topological polar surface area (TPSA) is 80.3 Å². The summed E-state index contributed by atoms with van der Waals surface area (Å²) in [4.78, 5) is 12.6. The molecule has 0 saturated carbocycles. The highest BCUT2D eigenvalue weighted by atomic mass is 35.5. The van der Waals surface area contributed by atoms with Gasteiger partial charge in [0.15, 0.2) is 0 Å². The summed E-state index contributed by atoms with van der Waals surface area (Å²) in [6.45, 7) is 1.82. The van der Waals surface area contributed by atoms with E-state index in [0.717, 1.165) is 5.56 Å². The Labute approximate surface area is 160 Å². The maximum atomic E-state index is 12.6. The van der Waals surface area contributed by atoms with E-state index in [1.807, 2.05) is 6.92 Å². The molecule has 0 radical (unpaired) electrons. The van der Waals surface area contributed by atoms with Gasteiger partial charge < -0.3 is 14.8 Å². The molecule has 0 fully saturated rings. The zero-order valence-corrected chi connectivity index (χ0v) is 15.5. The number of anilines is 1. The number of hydrogen-bond acceptors (Lipinski definition) is 5. The second kappa shape index (κ2) is 7.95. The van der Waals surface area contributed by atoms with Crippen molar-refractivity contribution in [3.63, 3.8) is 0 Å². The van der Waals surface area contributed by atoms with E-state index in [4.69, 9.17) is 27.6 Å². The van der Waals surface area contributed by atoms with Gasteiger partial charge in [0.05, 0.1) is 29.9 Å². The molecule has 0 aliphatic heterocycles. The van der Waals surface area contributed by atoms with Crippen molar-refractivity contribution in [2.75, 3.05) is 11.9 Å². The number of furan rings is 1. The third-order valence-electron chi connectivity index (χ3n) is 3.95. The molecule has 2 N–H and O–H groups in total. The first-order valence-electron chi connectivity index (χ1n) is 7.96. The molecule has 26 heavy (non-hydrogen) atoms. The van der Waals surface area contributed by atoms with Gasteiger partial charge in [0.25, 0.3) is 5.56 Å². The summed E-state index contributed by atoms with van der Waals surface area (Å²) < 4.78 is 6.56. The minimum atomic E-state index is -0.473. The zero-order valence-electron chi connectivity index (χ0n) is 13.9. The van der Waals surface area contributed by atoms with Gasteiger partial charge >= 0.3 is 0 Å². The van der Waals surface area contributed by atoms with E-state index < -0.39 is 5.56 Å². The quantitative estimate of drug-likeness (QED) is 0.661. The average molecular weight is 394 g/mol. The highest BCUT2D eigenvalue weighted by Gasteiger charge is 2.18. The van der Waals surface area contributed by atoms with E-state index >= 15 is 0 Å². The molecule has 136 valence electrons. The number of aryl methyl sites for hydroxylation is 1. The standard InChI is InChI=1S/C18H17Cl2N3O3/c1-11-4-5-12(9-13(11)19)23-18(25)17(20)15(10-21-23)22-14(6-7-24)16-3-2-8-26-16/h2-5,8-10,14,22,24H,6-7H2,1H3. The molecular formula is C18H17Cl2N3O3. The summed E-state index contributed by atoms with van der Waals surface area (Å²) in [6.07, 6.45) is 3.39. The van der Waals surface area contributed by atoms with E-state index in [0.29, 0.717) is 28.6 Å². The van der Waals surface area contributed by atoms with Crippen molar-refractivity contribution in [3.05, 3.63) is 74.5 Å². The molecule has 0 spiro atoms. The number of hydrogen-bond donors (Lipinski definition) is 2. The lowest BCUT2D eigenvalue weighted by Crippen LogP contribution is -2.23. The fraction of sp³-hybridized carbons (Fsp3) is 0.222. The van der Waals surface area contributed by atoms with Crippen LogP contribution < -0.4 is 10.9 Å². The van der Waals surface area contributed by atoms with Gasteiger partial charge in [-0.1, -0.05) is 29.3 Å². The van der Waals surface area contributed by atoms with Crippen LogP contribution in [0.5, 0.6) is 0 Å². The lowest BCUT2D eigenvalue weighted by molar-refractivity contribution is 0.273. The summed E-state index contributed by atoms with van der Waals surface area (Å²) >= 11 is 12.4. The molecular weight excluding hydrogens is 377 g/mol. The minimum absolute atomic E-state index is 0.00815. The fourth-order valence-corrected chi connectivity index (χ4v) is 2.88. The molecule has 0 bridgehead atoms. The molecule has 6 nitrogen and oxygen atoms in total. The Kier molecular flexibility index (Phi) is 5.66. The Bertz CT molecular complexity index is 955. The van der Waals surface area contributed by atoms with E-state index in [1.54, 1.807) is 36.6 Å². The summed E-state index contributed by atoms with van der Waals surface area (Å²) in [6, 6.07) is 8.41. The van der Waals surface area contributed by atoms with Crippen LogP contribution in [0.15, 0.2) is 52.0 Å². The highest BCUT2D eigenvalue weighted by molar-refractivity contribution is 6.33. The van der Waals surface area contributed by atoms with Crippen molar-refractivity contribution in [3.8, 4) is 5.69 Å². The summed E-state index contributed by atoms with van der Waals surface area (Å²) in [5, 5.41) is 17.1. The lowest BCUT2D eigenvalue weighted by atomic mass is 10.1. The van der Waals surface area contributed by atoms with Crippen LogP contribution >= 0.6 is 23.2 Å². The molecule has 2 heterocycles. The third kappa shape index (κ3) is 3.77. The molecule has 8 heteroatoms. The number of benzene rings is 1. The second-order valence-electron chi connectivity index (χ2n) is 5.75. The van der Waals surface area contributed by atoms with Crippen LogP contribution in [0.4, 0.5) is 5.69 Å². The van der Waals surface area contributed by atoms with Gasteiger partial charge in [-0.05, 0) is 43.2 Å². The van der Waals surface area contributed by atoms with Crippen LogP contribution in [0.2, 0.25) is 10.0 Å². The van der Waals surface area contributed by atoms with Crippen LogP contribution in [-0.4, -0.2) is 21.5 Å². The van der Waals surface area contributed by atoms with Gasteiger partial charge in [-0.25, -0.2) is 0 Å². The molecule has 0 amide bonds. The van der Waals surface area contributed by atoms with Crippen molar-refractivity contribution in [2.24, 2.45) is 0 Å². The van der Waals surface area contributed by atoms with Gasteiger partial charge in [0.2, 0.25) is 0 Å². The predicted octanol–water partition coefficient (Wildman–Crippen LogP) is 3.98. The summed E-state index contributed by atoms with van der Waals surface area (Å²) in [5.41, 5.74) is 1.31. The van der Waals surface area contributed by atoms with Crippen molar-refractivity contribution in [2.45, 2.75) is 19.4 Å². The number of nitrogens with zero attached hydrogens (tertiary/aromatic N) is 2. The lowest BCUT2D eigenvalue weighted by Gasteiger charge is -2.18. The fourth-order valence-electron chi connectivity index (χ4n) is 2.52. The smallest absolute Gasteiger partial charge is 0.292 e. The molecule has 0 aliphatic rings. The molecule has 1 unspecified atom stereocenters. The Morgan fingerprint density at radius 2 is 2.15 bits per heavy atom. The second-order valence-corrected chi connectivity index (χ2v) is 6.53. The van der Waals surface area contributed by atoms with E-state index in [2.05, 4.69) is 10.4 Å². The predicted molar refractivity (Wildman–Crippen MR) is 101 cm³/mol. The first-order valence-corrected chi connectivity index (χ1v) is 8.72. The normalized spacial score (nSPS) is 12.2. The number of rotatable bonds is 6. The first kappa shape index (κ1) is 18.5. The van der Waals surface area contributed by atoms with Crippen molar-refractivity contribution < 1.29 is 9.52 Å². The number of nitrogens with one attached hydrogen (secondary N) is 1. The van der Waals surface area contributed by atoms with Gasteiger partial charge in [0.1, 0.15) is 10.8 Å². The van der Waals surface area contributed by atoms with E-state index in [1.165, 1.54) is 10.9 Å². The largest absolute Gasteiger partial charge is 0.467 e. The van der Waals surface area contributed by atoms with Crippen LogP contribution in [0.1, 0.15) is 23.8 Å². The first-order chi connectivity index (χ1) is 12.5. The van der Waals surface area contributed by atoms with Crippen LogP contribution in [-0.2, 0) is 0 Å². The molecule has 1 atom stereocenters. The third-order valence-corrected chi connectivity index (χ3v) is 4.73. The average Bonchev–Trinajstić information content (AvgIpc) is 3.16. The maximum Gasteiger partial charge on any atom is 0.292 e. The number of aliphatic hydroxyl groups excluding tert-OH is 1. The van der Waals surface area contributed by atoms with E-state index in [9.17, 15) is 9.90 Å². The Balaban J connectivity index is 1.94. The highest BCUT2D eigenvalue weighted by Crippen LogP contribution is 2.26. The van der Waals surface area contributed by atoms with Crippen molar-refractivity contribution >= 4 is 28.9 Å². The number of aliphatic hydroxyl groups is 1. The van der Waals surface area contributed by atoms with Crippen LogP contribution in [0.3, 0.4) is 0 Å². The number of aromatic nitrogens is 2. The minimum Gasteiger partial charge on any atom is -0.467 e. The number of halogens is 2. The van der Waals surface area contributed by atoms with E-state index in [-0.39, 0.29) is 17.7 Å². The molecule has 1 aromatic carbocycles.